The third kappa shape index (κ3) is 27.3. The maximum absolute atomic E-state index is 3.72. The van der Waals surface area contributed by atoms with Crippen molar-refractivity contribution in [3.8, 4) is 0 Å². The summed E-state index contributed by atoms with van der Waals surface area (Å²) in [5, 5.41) is 0. The van der Waals surface area contributed by atoms with Crippen LogP contribution in [0.15, 0.2) is 0 Å². The predicted molar refractivity (Wildman–Crippen MR) is 46.2 cm³/mol. The third-order valence-electron chi connectivity index (χ3n) is 0.854. The summed E-state index contributed by atoms with van der Waals surface area (Å²) in [4.78, 5) is 0. The van der Waals surface area contributed by atoms with Gasteiger partial charge in [-0.2, -0.15) is 6.42 Å². The van der Waals surface area contributed by atoms with Gasteiger partial charge in [-0.05, 0) is 0 Å². The quantitative estimate of drug-likeness (QED) is 0.407. The molecule has 0 rings (SSSR count). The number of hydrogen-bond donors (Lipinski definition) is 0. The van der Waals surface area contributed by atoms with Crippen LogP contribution in [-0.4, -0.2) is 0 Å². The van der Waals surface area contributed by atoms with Crippen molar-refractivity contribution in [3.05, 3.63) is 14.4 Å². The Bertz CT molecular complexity index is 20.9. The molecule has 0 fully saturated rings. The minimum atomic E-state index is 0. The molecule has 54 valence electrons. The molecule has 9 heavy (non-hydrogen) atoms. The average Bonchev–Trinajstić information content (AvgIpc) is 1.61. The van der Waals surface area contributed by atoms with Gasteiger partial charge in [0.2, 0.25) is 0 Å². The van der Waals surface area contributed by atoms with Gasteiger partial charge in [0.05, 0.1) is 0 Å². The van der Waals surface area contributed by atoms with E-state index in [0.29, 0.717) is 0 Å². The van der Waals surface area contributed by atoms with E-state index in [1.807, 2.05) is 0 Å². The Hall–Kier alpha value is 1.10. The van der Waals surface area contributed by atoms with Crippen molar-refractivity contribution in [2.75, 3.05) is 0 Å². The molecule has 0 aromatic carbocycles. The molecule has 0 amide bonds. The Morgan fingerprint density at radius 3 is 1.78 bits per heavy atom. The molecule has 0 aromatic rings. The van der Waals surface area contributed by atoms with Gasteiger partial charge < -0.3 is 14.4 Å². The third-order valence-corrected chi connectivity index (χ3v) is 0.854. The van der Waals surface area contributed by atoms with Crippen LogP contribution < -0.4 is 0 Å². The van der Waals surface area contributed by atoms with Crippen LogP contribution in [0.5, 0.6) is 0 Å². The molecular weight excluding hydrogens is 229 g/mol. The van der Waals surface area contributed by atoms with Crippen LogP contribution >= 0.6 is 17.0 Å². The summed E-state index contributed by atoms with van der Waals surface area (Å²) in [6.07, 6.45) is 5.07. The maximum Gasteiger partial charge on any atom is 2.00 e. The Morgan fingerprint density at radius 2 is 1.67 bits per heavy atom. The topological polar surface area (TPSA) is 0 Å². The molecule has 0 saturated heterocycles. The largest absolute Gasteiger partial charge is 2.00 e. The summed E-state index contributed by atoms with van der Waals surface area (Å²) in [6, 6.07) is 0. The van der Waals surface area contributed by atoms with Crippen molar-refractivity contribution < 1.29 is 19.5 Å². The molecule has 0 aliphatic heterocycles. The minimum absolute atomic E-state index is 0. The van der Waals surface area contributed by atoms with Gasteiger partial charge in [0, 0.05) is 0 Å². The number of hydrogen-bond acceptors (Lipinski definition) is 0. The zero-order chi connectivity index (χ0) is 4.83. The van der Waals surface area contributed by atoms with Crippen LogP contribution in [0.3, 0.4) is 0 Å². The molecule has 0 heterocycles. The van der Waals surface area contributed by atoms with Crippen molar-refractivity contribution in [2.24, 2.45) is 0 Å². The summed E-state index contributed by atoms with van der Waals surface area (Å²) in [5.74, 6) is 0. The first-order chi connectivity index (χ1) is 2.91. The number of halogens is 1. The molecule has 0 aliphatic rings. The first kappa shape index (κ1) is 22.5. The second kappa shape index (κ2) is 23.0. The van der Waals surface area contributed by atoms with E-state index in [9.17, 15) is 0 Å². The van der Waals surface area contributed by atoms with E-state index in [1.165, 1.54) is 19.3 Å². The molecule has 0 aromatic heterocycles. The summed E-state index contributed by atoms with van der Waals surface area (Å²) in [7, 11) is 0. The molecule has 0 saturated carbocycles. The second-order valence-electron chi connectivity index (χ2n) is 1.56. The molecule has 0 spiro atoms. The van der Waals surface area contributed by atoms with Crippen LogP contribution in [0.1, 0.15) is 32.6 Å². The van der Waals surface area contributed by atoms with E-state index < -0.39 is 0 Å². The fourth-order valence-electron chi connectivity index (χ4n) is 0.427. The number of unbranched alkanes of at least 4 members (excludes halogenated alkanes) is 3. The Morgan fingerprint density at radius 1 is 1.22 bits per heavy atom. The van der Waals surface area contributed by atoms with Crippen LogP contribution in [0.4, 0.5) is 0 Å². The summed E-state index contributed by atoms with van der Waals surface area (Å²) in [6.45, 7) is 5.93. The Balaban J connectivity index is -0.0000000417. The Labute approximate surface area is 83.3 Å². The van der Waals surface area contributed by atoms with E-state index >= 15 is 0 Å². The van der Waals surface area contributed by atoms with Gasteiger partial charge in [0.25, 0.3) is 0 Å². The van der Waals surface area contributed by atoms with Crippen LogP contribution in [0, 0.1) is 14.4 Å². The van der Waals surface area contributed by atoms with Crippen molar-refractivity contribution in [2.45, 2.75) is 32.6 Å². The van der Waals surface area contributed by atoms with Gasteiger partial charge in [-0.15, -0.1) is 17.0 Å². The molecule has 0 atom stereocenters. The van der Waals surface area contributed by atoms with E-state index in [4.69, 9.17) is 0 Å². The molecule has 0 nitrogen and oxygen atoms in total. The second-order valence-corrected chi connectivity index (χ2v) is 1.56. The molecule has 0 radical (unpaired) electrons. The van der Waals surface area contributed by atoms with Gasteiger partial charge in [-0.25, -0.2) is 0 Å². The fraction of sp³-hybridized carbons (Fsp3) is 0.714. The first-order valence-corrected chi connectivity index (χ1v) is 2.71. The van der Waals surface area contributed by atoms with Crippen LogP contribution in [-0.2, 0) is 19.5 Å². The number of rotatable bonds is 3. The van der Waals surface area contributed by atoms with E-state index in [-0.39, 0.29) is 43.9 Å². The Kier molecular flexibility index (Phi) is 57.3. The maximum atomic E-state index is 3.72. The van der Waals surface area contributed by atoms with E-state index in [1.54, 1.807) is 0 Å². The molecule has 0 aliphatic carbocycles. The molecule has 0 bridgehead atoms. The zero-order valence-electron chi connectivity index (χ0n) is 6.65. The average molecular weight is 247 g/mol. The van der Waals surface area contributed by atoms with Gasteiger partial charge in [-0.3, -0.25) is 0 Å². The predicted octanol–water partition coefficient (Wildman–Crippen LogP) is 3.43. The van der Waals surface area contributed by atoms with Crippen LogP contribution in [0.2, 0.25) is 0 Å². The SMILES string of the molecule is Br.[CH2-]CCCCC.[CH3-].[Zn+2]. The van der Waals surface area contributed by atoms with Gasteiger partial charge >= 0.3 is 19.5 Å². The van der Waals surface area contributed by atoms with Gasteiger partial charge in [0.1, 0.15) is 0 Å². The fourth-order valence-corrected chi connectivity index (χ4v) is 0.427. The smallest absolute Gasteiger partial charge is 0.358 e. The summed E-state index contributed by atoms with van der Waals surface area (Å²) < 4.78 is 0. The summed E-state index contributed by atoms with van der Waals surface area (Å²) >= 11 is 0. The molecule has 0 N–H and O–H groups in total. The van der Waals surface area contributed by atoms with Gasteiger partial charge in [0.15, 0.2) is 0 Å². The van der Waals surface area contributed by atoms with Crippen molar-refractivity contribution in [1.29, 1.82) is 0 Å². The minimum Gasteiger partial charge on any atom is -0.358 e. The van der Waals surface area contributed by atoms with Crippen molar-refractivity contribution in [3.63, 3.8) is 0 Å². The molecule has 0 unspecified atom stereocenters. The van der Waals surface area contributed by atoms with E-state index in [2.05, 4.69) is 13.8 Å². The van der Waals surface area contributed by atoms with Crippen molar-refractivity contribution >= 4 is 17.0 Å². The first-order valence-electron chi connectivity index (χ1n) is 2.71. The van der Waals surface area contributed by atoms with Crippen molar-refractivity contribution in [1.82, 2.24) is 0 Å². The summed E-state index contributed by atoms with van der Waals surface area (Å²) in [5.41, 5.74) is 0. The standard InChI is InChI=1S/C6H13.CH3.BrH.Zn/c1-3-5-6-4-2;;;/h1,3-6H2,2H3;1H3;1H;/q2*-1;;+2. The van der Waals surface area contributed by atoms with E-state index in [0.717, 1.165) is 6.42 Å². The van der Waals surface area contributed by atoms with Gasteiger partial charge in [-0.1, -0.05) is 26.2 Å². The molecular formula is C7H17BrZn. The molecule has 2 heteroatoms. The zero-order valence-corrected chi connectivity index (χ0v) is 11.3. The van der Waals surface area contributed by atoms with Crippen LogP contribution in [0.25, 0.3) is 0 Å². The normalized spacial score (nSPS) is 6.00. The monoisotopic (exact) mass is 244 g/mol.